The number of pyridine rings is 1. The van der Waals surface area contributed by atoms with Gasteiger partial charge in [0.05, 0.1) is 20.2 Å². The van der Waals surface area contributed by atoms with Crippen molar-refractivity contribution in [1.82, 2.24) is 19.8 Å². The standard InChI is InChI=1S/C23H29N5O2.HI/c1-5-24-23(28(3)17-19-7-6-14-27(19)2)26-16-18-8-13-22(25-15-18)30-21-11-9-20(29-4)10-12-21;/h6-15H,5,16-17H2,1-4H3,(H,24,26);1H. The van der Waals surface area contributed by atoms with E-state index in [-0.39, 0.29) is 24.0 Å². The predicted octanol–water partition coefficient (Wildman–Crippen LogP) is 4.44. The highest BCUT2D eigenvalue weighted by molar-refractivity contribution is 14.0. The average Bonchev–Trinajstić information content (AvgIpc) is 3.17. The molecular formula is C23H30IN5O2. The van der Waals surface area contributed by atoms with Crippen LogP contribution in [0.25, 0.3) is 0 Å². The third kappa shape index (κ3) is 7.16. The first kappa shape index (κ1) is 24.5. The first-order valence-electron chi connectivity index (χ1n) is 9.95. The van der Waals surface area contributed by atoms with E-state index in [4.69, 9.17) is 14.5 Å². The van der Waals surface area contributed by atoms with Crippen molar-refractivity contribution in [2.24, 2.45) is 12.0 Å². The first-order chi connectivity index (χ1) is 14.6. The molecule has 0 saturated carbocycles. The van der Waals surface area contributed by atoms with Crippen LogP contribution in [0.2, 0.25) is 0 Å². The number of nitrogens with one attached hydrogen (secondary N) is 1. The summed E-state index contributed by atoms with van der Waals surface area (Å²) in [4.78, 5) is 11.3. The second kappa shape index (κ2) is 12.2. The van der Waals surface area contributed by atoms with E-state index in [9.17, 15) is 0 Å². The average molecular weight is 535 g/mol. The molecule has 2 aromatic heterocycles. The van der Waals surface area contributed by atoms with Crippen molar-refractivity contribution in [2.75, 3.05) is 20.7 Å². The third-order valence-electron chi connectivity index (χ3n) is 4.64. The molecule has 2 heterocycles. The maximum absolute atomic E-state index is 5.78. The quantitative estimate of drug-likeness (QED) is 0.263. The zero-order valence-electron chi connectivity index (χ0n) is 18.4. The molecule has 3 aromatic rings. The molecule has 3 rings (SSSR count). The van der Waals surface area contributed by atoms with Crippen LogP contribution in [0.5, 0.6) is 17.4 Å². The number of hydrogen-bond acceptors (Lipinski definition) is 4. The maximum atomic E-state index is 5.78. The molecule has 0 aliphatic heterocycles. The van der Waals surface area contributed by atoms with Gasteiger partial charge >= 0.3 is 0 Å². The SMILES string of the molecule is CCNC(=NCc1ccc(Oc2ccc(OC)cc2)nc1)N(C)Cc1cccn1C.I. The monoisotopic (exact) mass is 535 g/mol. The smallest absolute Gasteiger partial charge is 0.219 e. The number of nitrogens with zero attached hydrogens (tertiary/aromatic N) is 4. The number of guanidine groups is 1. The van der Waals surface area contributed by atoms with E-state index in [0.29, 0.717) is 18.2 Å². The molecule has 1 aromatic carbocycles. The molecule has 0 atom stereocenters. The molecular weight excluding hydrogens is 505 g/mol. The van der Waals surface area contributed by atoms with Crippen LogP contribution in [0.1, 0.15) is 18.2 Å². The van der Waals surface area contributed by atoms with Crippen LogP contribution in [-0.2, 0) is 20.1 Å². The van der Waals surface area contributed by atoms with E-state index in [2.05, 4.69) is 52.1 Å². The lowest BCUT2D eigenvalue weighted by Crippen LogP contribution is -2.38. The Kier molecular flexibility index (Phi) is 9.64. The summed E-state index contributed by atoms with van der Waals surface area (Å²) >= 11 is 0. The summed E-state index contributed by atoms with van der Waals surface area (Å²) in [5.41, 5.74) is 2.24. The normalized spacial score (nSPS) is 10.9. The van der Waals surface area contributed by atoms with Crippen LogP contribution in [0.15, 0.2) is 65.9 Å². The number of rotatable bonds is 8. The molecule has 166 valence electrons. The maximum Gasteiger partial charge on any atom is 0.219 e. The number of aryl methyl sites for hydroxylation is 1. The molecule has 0 unspecified atom stereocenters. The summed E-state index contributed by atoms with van der Waals surface area (Å²) in [6.07, 6.45) is 3.84. The van der Waals surface area contributed by atoms with E-state index in [1.807, 2.05) is 43.4 Å². The number of aliphatic imine (C=N–C) groups is 1. The van der Waals surface area contributed by atoms with Crippen LogP contribution >= 0.6 is 24.0 Å². The lowest BCUT2D eigenvalue weighted by atomic mass is 10.3. The molecule has 0 spiro atoms. The van der Waals surface area contributed by atoms with Crippen molar-refractivity contribution in [2.45, 2.75) is 20.0 Å². The second-order valence-corrected chi connectivity index (χ2v) is 6.92. The van der Waals surface area contributed by atoms with Crippen LogP contribution in [0.4, 0.5) is 0 Å². The summed E-state index contributed by atoms with van der Waals surface area (Å²) in [5.74, 6) is 2.90. The summed E-state index contributed by atoms with van der Waals surface area (Å²) in [6, 6.07) is 15.4. The number of ether oxygens (including phenoxy) is 2. The molecule has 7 nitrogen and oxygen atoms in total. The Morgan fingerprint density at radius 1 is 1.13 bits per heavy atom. The van der Waals surface area contributed by atoms with Gasteiger partial charge in [-0.05, 0) is 48.9 Å². The zero-order valence-corrected chi connectivity index (χ0v) is 20.7. The second-order valence-electron chi connectivity index (χ2n) is 6.92. The summed E-state index contributed by atoms with van der Waals surface area (Å²) in [6.45, 7) is 4.19. The predicted molar refractivity (Wildman–Crippen MR) is 134 cm³/mol. The van der Waals surface area contributed by atoms with E-state index in [0.717, 1.165) is 30.4 Å². The zero-order chi connectivity index (χ0) is 21.3. The molecule has 0 aliphatic carbocycles. The lowest BCUT2D eigenvalue weighted by molar-refractivity contribution is 0.412. The Bertz CT molecular complexity index is 955. The van der Waals surface area contributed by atoms with Gasteiger partial charge in [-0.15, -0.1) is 24.0 Å². The highest BCUT2D eigenvalue weighted by Gasteiger charge is 2.08. The summed E-state index contributed by atoms with van der Waals surface area (Å²) < 4.78 is 13.1. The number of methoxy groups -OCH3 is 1. The van der Waals surface area contributed by atoms with Crippen LogP contribution < -0.4 is 14.8 Å². The Labute approximate surface area is 201 Å². The fourth-order valence-electron chi connectivity index (χ4n) is 2.94. The van der Waals surface area contributed by atoms with E-state index < -0.39 is 0 Å². The van der Waals surface area contributed by atoms with Crippen molar-refractivity contribution in [3.05, 3.63) is 72.2 Å². The van der Waals surface area contributed by atoms with Crippen molar-refractivity contribution < 1.29 is 9.47 Å². The van der Waals surface area contributed by atoms with Gasteiger partial charge in [0.1, 0.15) is 11.5 Å². The molecule has 0 amide bonds. The van der Waals surface area contributed by atoms with E-state index in [1.54, 1.807) is 13.3 Å². The van der Waals surface area contributed by atoms with Crippen molar-refractivity contribution in [3.8, 4) is 17.4 Å². The third-order valence-corrected chi connectivity index (χ3v) is 4.64. The molecule has 0 bridgehead atoms. The lowest BCUT2D eigenvalue weighted by Gasteiger charge is -2.22. The fourth-order valence-corrected chi connectivity index (χ4v) is 2.94. The molecule has 1 N–H and O–H groups in total. The van der Waals surface area contributed by atoms with Gasteiger partial charge in [0, 0.05) is 44.8 Å². The van der Waals surface area contributed by atoms with Gasteiger partial charge in [-0.1, -0.05) is 6.07 Å². The number of hydrogen-bond donors (Lipinski definition) is 1. The Balaban J connectivity index is 0.00000341. The van der Waals surface area contributed by atoms with Gasteiger partial charge in [0.15, 0.2) is 5.96 Å². The summed E-state index contributed by atoms with van der Waals surface area (Å²) in [7, 11) is 5.73. The van der Waals surface area contributed by atoms with Crippen LogP contribution in [-0.4, -0.2) is 41.1 Å². The fraction of sp³-hybridized carbons (Fsp3) is 0.304. The highest BCUT2D eigenvalue weighted by Crippen LogP contribution is 2.22. The first-order valence-corrected chi connectivity index (χ1v) is 9.95. The van der Waals surface area contributed by atoms with Crippen molar-refractivity contribution >= 4 is 29.9 Å². The van der Waals surface area contributed by atoms with Crippen LogP contribution in [0.3, 0.4) is 0 Å². The van der Waals surface area contributed by atoms with Gasteiger partial charge in [-0.2, -0.15) is 0 Å². The van der Waals surface area contributed by atoms with E-state index in [1.165, 1.54) is 5.69 Å². The molecule has 0 radical (unpaired) electrons. The van der Waals surface area contributed by atoms with Gasteiger partial charge in [0.25, 0.3) is 0 Å². The molecule has 8 heteroatoms. The minimum Gasteiger partial charge on any atom is -0.497 e. The summed E-state index contributed by atoms with van der Waals surface area (Å²) in [5, 5.41) is 3.35. The van der Waals surface area contributed by atoms with Gasteiger partial charge in [-0.25, -0.2) is 9.98 Å². The molecule has 31 heavy (non-hydrogen) atoms. The molecule has 0 saturated heterocycles. The number of halogens is 1. The van der Waals surface area contributed by atoms with Gasteiger partial charge in [0.2, 0.25) is 5.88 Å². The Morgan fingerprint density at radius 3 is 2.45 bits per heavy atom. The van der Waals surface area contributed by atoms with Crippen LogP contribution in [0, 0.1) is 0 Å². The van der Waals surface area contributed by atoms with E-state index >= 15 is 0 Å². The van der Waals surface area contributed by atoms with Gasteiger partial charge in [-0.3, -0.25) is 0 Å². The minimum atomic E-state index is 0. The Morgan fingerprint density at radius 2 is 1.87 bits per heavy atom. The number of aromatic nitrogens is 2. The molecule has 0 fully saturated rings. The highest BCUT2D eigenvalue weighted by atomic mass is 127. The largest absolute Gasteiger partial charge is 0.497 e. The van der Waals surface area contributed by atoms with Crippen molar-refractivity contribution in [1.29, 1.82) is 0 Å². The van der Waals surface area contributed by atoms with Gasteiger partial charge < -0.3 is 24.3 Å². The van der Waals surface area contributed by atoms with Crippen molar-refractivity contribution in [3.63, 3.8) is 0 Å². The molecule has 0 aliphatic rings. The topological polar surface area (TPSA) is 63.9 Å². The minimum absolute atomic E-state index is 0. The Hall–Kier alpha value is -2.75. The number of benzene rings is 1.